The Hall–Kier alpha value is -4.14. The predicted octanol–water partition coefficient (Wildman–Crippen LogP) is 4.16. The maximum absolute atomic E-state index is 13.9. The molecule has 0 radical (unpaired) electrons. The molecular weight excluding hydrogens is 418 g/mol. The fourth-order valence-electron chi connectivity index (χ4n) is 3.10. The summed E-state index contributed by atoms with van der Waals surface area (Å²) in [6, 6.07) is 9.66. The molecule has 1 N–H and O–H groups in total. The number of carbonyl (C=O) groups is 2. The first kappa shape index (κ1) is 21.1. The van der Waals surface area contributed by atoms with Crippen molar-refractivity contribution in [3.8, 4) is 11.3 Å². The fraction of sp³-hybridized carbons (Fsp3) is 0.130. The lowest BCUT2D eigenvalue weighted by molar-refractivity contribution is -0.116. The van der Waals surface area contributed by atoms with E-state index in [1.165, 1.54) is 12.3 Å². The zero-order valence-corrected chi connectivity index (χ0v) is 17.0. The average Bonchev–Trinajstić information content (AvgIpc) is 3.41. The third-order valence-electron chi connectivity index (χ3n) is 4.77. The Bertz CT molecular complexity index is 1280. The van der Waals surface area contributed by atoms with Gasteiger partial charge in [0.1, 0.15) is 11.6 Å². The lowest BCUT2D eigenvalue weighted by Crippen LogP contribution is -2.13. The van der Waals surface area contributed by atoms with Crippen molar-refractivity contribution in [1.82, 2.24) is 14.5 Å². The van der Waals surface area contributed by atoms with Gasteiger partial charge in [0, 0.05) is 49.6 Å². The van der Waals surface area contributed by atoms with E-state index in [4.69, 9.17) is 4.42 Å². The van der Waals surface area contributed by atoms with Crippen molar-refractivity contribution in [1.29, 1.82) is 0 Å². The molecule has 0 aliphatic heterocycles. The van der Waals surface area contributed by atoms with Crippen LogP contribution < -0.4 is 5.32 Å². The number of benzene rings is 2. The van der Waals surface area contributed by atoms with Gasteiger partial charge < -0.3 is 14.3 Å². The SMILES string of the molecule is Cn1ccnc1C(=O)c1ccc(NC(=O)CCc2ncc(-c3ccc(F)cc3F)o2)cc1. The number of rotatable bonds is 7. The number of ketones is 1. The summed E-state index contributed by atoms with van der Waals surface area (Å²) in [5.41, 5.74) is 1.08. The number of nitrogens with one attached hydrogen (secondary N) is 1. The first-order chi connectivity index (χ1) is 15.4. The lowest BCUT2D eigenvalue weighted by Gasteiger charge is -2.06. The van der Waals surface area contributed by atoms with E-state index in [-0.39, 0.29) is 41.7 Å². The summed E-state index contributed by atoms with van der Waals surface area (Å²) in [7, 11) is 1.74. The second-order valence-electron chi connectivity index (χ2n) is 7.06. The van der Waals surface area contributed by atoms with Crippen LogP contribution in [0.15, 0.2) is 65.5 Å². The Morgan fingerprint density at radius 1 is 1.09 bits per heavy atom. The number of carbonyl (C=O) groups excluding carboxylic acids is 2. The standard InChI is InChI=1S/C23H18F2N4O3/c1-29-11-10-26-23(29)22(31)14-2-5-16(6-3-14)28-20(30)8-9-21-27-13-19(32-21)17-7-4-15(24)12-18(17)25/h2-7,10-13H,8-9H2,1H3,(H,28,30). The number of hydrogen-bond acceptors (Lipinski definition) is 5. The molecule has 0 fully saturated rings. The van der Waals surface area contributed by atoms with E-state index in [9.17, 15) is 18.4 Å². The zero-order chi connectivity index (χ0) is 22.7. The molecule has 1 amide bonds. The highest BCUT2D eigenvalue weighted by atomic mass is 19.1. The predicted molar refractivity (Wildman–Crippen MR) is 112 cm³/mol. The second-order valence-corrected chi connectivity index (χ2v) is 7.06. The van der Waals surface area contributed by atoms with Crippen LogP contribution in [-0.2, 0) is 18.3 Å². The highest BCUT2D eigenvalue weighted by Gasteiger charge is 2.15. The van der Waals surface area contributed by atoms with Crippen molar-refractivity contribution in [2.45, 2.75) is 12.8 Å². The minimum atomic E-state index is -0.754. The summed E-state index contributed by atoms with van der Waals surface area (Å²) in [6.07, 6.45) is 4.86. The van der Waals surface area contributed by atoms with Crippen molar-refractivity contribution in [2.24, 2.45) is 7.05 Å². The van der Waals surface area contributed by atoms with Crippen molar-refractivity contribution < 1.29 is 22.8 Å². The Kier molecular flexibility index (Phi) is 5.89. The first-order valence-corrected chi connectivity index (χ1v) is 9.73. The summed E-state index contributed by atoms with van der Waals surface area (Å²) >= 11 is 0. The molecule has 0 saturated heterocycles. The van der Waals surface area contributed by atoms with E-state index in [0.29, 0.717) is 17.1 Å². The van der Waals surface area contributed by atoms with Crippen LogP contribution in [0.2, 0.25) is 0 Å². The number of aromatic nitrogens is 3. The van der Waals surface area contributed by atoms with Gasteiger partial charge in [-0.1, -0.05) is 0 Å². The number of imidazole rings is 1. The maximum Gasteiger partial charge on any atom is 0.228 e. The quantitative estimate of drug-likeness (QED) is 0.440. The average molecular weight is 436 g/mol. The van der Waals surface area contributed by atoms with E-state index in [2.05, 4.69) is 15.3 Å². The van der Waals surface area contributed by atoms with Gasteiger partial charge in [0.15, 0.2) is 17.5 Å². The molecule has 0 spiro atoms. The van der Waals surface area contributed by atoms with E-state index in [0.717, 1.165) is 12.1 Å². The number of amides is 1. The van der Waals surface area contributed by atoms with E-state index in [1.807, 2.05) is 0 Å². The molecule has 2 heterocycles. The van der Waals surface area contributed by atoms with Gasteiger partial charge in [-0.3, -0.25) is 9.59 Å². The van der Waals surface area contributed by atoms with Crippen LogP contribution in [0.25, 0.3) is 11.3 Å². The monoisotopic (exact) mass is 436 g/mol. The van der Waals surface area contributed by atoms with E-state index in [1.54, 1.807) is 48.3 Å². The number of halogens is 2. The summed E-state index contributed by atoms with van der Waals surface area (Å²) in [5, 5.41) is 2.74. The first-order valence-electron chi connectivity index (χ1n) is 9.73. The largest absolute Gasteiger partial charge is 0.441 e. The number of nitrogens with zero attached hydrogens (tertiary/aromatic N) is 3. The van der Waals surface area contributed by atoms with Crippen molar-refractivity contribution in [3.05, 3.63) is 90.0 Å². The summed E-state index contributed by atoms with van der Waals surface area (Å²) in [5.74, 6) is -1.19. The second kappa shape index (κ2) is 8.93. The molecule has 7 nitrogen and oxygen atoms in total. The molecular formula is C23H18F2N4O3. The van der Waals surface area contributed by atoms with E-state index >= 15 is 0 Å². The number of anilines is 1. The Morgan fingerprint density at radius 2 is 1.88 bits per heavy atom. The molecule has 2 aromatic carbocycles. The summed E-state index contributed by atoms with van der Waals surface area (Å²) in [4.78, 5) is 32.8. The van der Waals surface area contributed by atoms with Crippen LogP contribution in [0.5, 0.6) is 0 Å². The van der Waals surface area contributed by atoms with Crippen molar-refractivity contribution >= 4 is 17.4 Å². The molecule has 0 saturated carbocycles. The van der Waals surface area contributed by atoms with Crippen LogP contribution >= 0.6 is 0 Å². The van der Waals surface area contributed by atoms with Crippen LogP contribution in [0.4, 0.5) is 14.5 Å². The third-order valence-corrected chi connectivity index (χ3v) is 4.77. The van der Waals surface area contributed by atoms with Gasteiger partial charge in [-0.25, -0.2) is 18.7 Å². The van der Waals surface area contributed by atoms with Gasteiger partial charge in [0.2, 0.25) is 11.7 Å². The molecule has 9 heteroatoms. The van der Waals surface area contributed by atoms with Crippen LogP contribution in [-0.4, -0.2) is 26.2 Å². The van der Waals surface area contributed by atoms with Crippen LogP contribution in [0.1, 0.15) is 28.5 Å². The number of hydrogen-bond donors (Lipinski definition) is 1. The van der Waals surface area contributed by atoms with Gasteiger partial charge in [-0.2, -0.15) is 0 Å². The van der Waals surface area contributed by atoms with Crippen molar-refractivity contribution in [2.75, 3.05) is 5.32 Å². The highest BCUT2D eigenvalue weighted by Crippen LogP contribution is 2.24. The Balaban J connectivity index is 1.33. The molecule has 0 unspecified atom stereocenters. The number of oxazole rings is 1. The Morgan fingerprint density at radius 3 is 2.56 bits per heavy atom. The van der Waals surface area contributed by atoms with Gasteiger partial charge in [0.25, 0.3) is 0 Å². The van der Waals surface area contributed by atoms with Gasteiger partial charge in [-0.15, -0.1) is 0 Å². The van der Waals surface area contributed by atoms with Crippen molar-refractivity contribution in [3.63, 3.8) is 0 Å². The Labute approximate surface area is 181 Å². The molecule has 0 aliphatic rings. The third kappa shape index (κ3) is 4.61. The van der Waals surface area contributed by atoms with Gasteiger partial charge in [-0.05, 0) is 36.4 Å². The molecule has 4 aromatic rings. The summed E-state index contributed by atoms with van der Waals surface area (Å²) < 4.78 is 34.0. The van der Waals surface area contributed by atoms with Crippen LogP contribution in [0.3, 0.4) is 0 Å². The zero-order valence-electron chi connectivity index (χ0n) is 17.0. The summed E-state index contributed by atoms with van der Waals surface area (Å²) in [6.45, 7) is 0. The molecule has 0 atom stereocenters. The topological polar surface area (TPSA) is 90.0 Å². The molecule has 162 valence electrons. The fourth-order valence-corrected chi connectivity index (χ4v) is 3.10. The maximum atomic E-state index is 13.9. The minimum absolute atomic E-state index is 0.0831. The van der Waals surface area contributed by atoms with Gasteiger partial charge >= 0.3 is 0 Å². The normalized spacial score (nSPS) is 10.8. The molecule has 4 rings (SSSR count). The smallest absolute Gasteiger partial charge is 0.228 e. The van der Waals surface area contributed by atoms with Crippen LogP contribution in [0, 0.1) is 11.6 Å². The van der Waals surface area contributed by atoms with E-state index < -0.39 is 11.6 Å². The highest BCUT2D eigenvalue weighted by molar-refractivity contribution is 6.07. The molecule has 0 bridgehead atoms. The minimum Gasteiger partial charge on any atom is -0.441 e. The lowest BCUT2D eigenvalue weighted by atomic mass is 10.1. The van der Waals surface area contributed by atoms with Gasteiger partial charge in [0.05, 0.1) is 11.8 Å². The molecule has 2 aromatic heterocycles. The number of aryl methyl sites for hydroxylation is 2. The molecule has 32 heavy (non-hydrogen) atoms. The molecule has 0 aliphatic carbocycles.